The molecular weight excluding hydrogens is 254 g/mol. The molecule has 1 aromatic carbocycles. The highest BCUT2D eigenvalue weighted by molar-refractivity contribution is 7.15. The Hall–Kier alpha value is -1.19. The first-order chi connectivity index (χ1) is 8.82. The highest BCUT2D eigenvalue weighted by atomic mass is 32.1. The second-order valence-corrected chi connectivity index (χ2v) is 7.05. The zero-order valence-corrected chi connectivity index (χ0v) is 13.1. The molecule has 0 aliphatic carbocycles. The molecule has 0 unspecified atom stereocenters. The first-order valence-electron chi connectivity index (χ1n) is 6.51. The van der Waals surface area contributed by atoms with E-state index in [1.165, 1.54) is 16.7 Å². The Balaban J connectivity index is 2.54. The second-order valence-electron chi connectivity index (χ2n) is 5.97. The lowest BCUT2D eigenvalue weighted by atomic mass is 9.85. The molecule has 0 aliphatic rings. The molecule has 0 amide bonds. The van der Waals surface area contributed by atoms with E-state index in [0.29, 0.717) is 0 Å². The minimum absolute atomic E-state index is 0.0709. The first-order valence-corrected chi connectivity index (χ1v) is 7.33. The summed E-state index contributed by atoms with van der Waals surface area (Å²) in [4.78, 5) is 5.55. The van der Waals surface area contributed by atoms with Crippen molar-refractivity contribution in [3.05, 3.63) is 39.9 Å². The molecule has 1 heterocycles. The van der Waals surface area contributed by atoms with Gasteiger partial charge in [0.15, 0.2) is 0 Å². The number of hydrogen-bond acceptors (Lipinski definition) is 3. The molecule has 102 valence electrons. The van der Waals surface area contributed by atoms with Crippen LogP contribution in [0.5, 0.6) is 0 Å². The number of hydrogen-bond donors (Lipinski definition) is 1. The van der Waals surface area contributed by atoms with Gasteiger partial charge < -0.3 is 5.11 Å². The van der Waals surface area contributed by atoms with Crippen molar-refractivity contribution in [2.24, 2.45) is 0 Å². The normalized spacial score (nSPS) is 11.9. The minimum Gasteiger partial charge on any atom is -0.391 e. The smallest absolute Gasteiger partial charge is 0.124 e. The van der Waals surface area contributed by atoms with Gasteiger partial charge in [0.05, 0.1) is 17.2 Å². The molecule has 1 N–H and O–H groups in total. The van der Waals surface area contributed by atoms with Crippen molar-refractivity contribution in [3.63, 3.8) is 0 Å². The fourth-order valence-electron chi connectivity index (χ4n) is 2.01. The zero-order chi connectivity index (χ0) is 14.2. The predicted molar refractivity (Wildman–Crippen MR) is 81.6 cm³/mol. The van der Waals surface area contributed by atoms with Crippen LogP contribution in [-0.4, -0.2) is 10.1 Å². The molecular formula is C16H21NOS. The summed E-state index contributed by atoms with van der Waals surface area (Å²) in [6.07, 6.45) is 0. The van der Waals surface area contributed by atoms with Crippen LogP contribution >= 0.6 is 11.3 Å². The van der Waals surface area contributed by atoms with Gasteiger partial charge in [-0.25, -0.2) is 4.98 Å². The summed E-state index contributed by atoms with van der Waals surface area (Å²) in [6, 6.07) is 6.58. The van der Waals surface area contributed by atoms with Crippen LogP contribution in [0.3, 0.4) is 0 Å². The predicted octanol–water partition coefficient (Wildman–Crippen LogP) is 4.22. The van der Waals surface area contributed by atoms with Crippen molar-refractivity contribution >= 4 is 11.3 Å². The third kappa shape index (κ3) is 2.88. The highest BCUT2D eigenvalue weighted by Gasteiger charge is 2.17. The molecule has 0 spiro atoms. The summed E-state index contributed by atoms with van der Waals surface area (Å²) < 4.78 is 0. The van der Waals surface area contributed by atoms with Crippen molar-refractivity contribution in [2.75, 3.05) is 0 Å². The van der Waals surface area contributed by atoms with Gasteiger partial charge in [0.25, 0.3) is 0 Å². The van der Waals surface area contributed by atoms with E-state index in [2.05, 4.69) is 50.9 Å². The number of aryl methyl sites for hydroxylation is 2. The Morgan fingerprint density at radius 3 is 2.42 bits per heavy atom. The number of aliphatic hydroxyl groups excluding tert-OH is 1. The van der Waals surface area contributed by atoms with Crippen LogP contribution in [0.2, 0.25) is 0 Å². The Kier molecular flexibility index (Phi) is 3.79. The van der Waals surface area contributed by atoms with E-state index in [4.69, 9.17) is 0 Å². The quantitative estimate of drug-likeness (QED) is 0.890. The molecule has 0 saturated carbocycles. The fourth-order valence-corrected chi connectivity index (χ4v) is 3.01. The average Bonchev–Trinajstić information content (AvgIpc) is 2.69. The lowest BCUT2D eigenvalue weighted by molar-refractivity contribution is 0.284. The highest BCUT2D eigenvalue weighted by Crippen LogP contribution is 2.33. The molecule has 0 atom stereocenters. The molecule has 0 fully saturated rings. The number of aromatic nitrogens is 1. The van der Waals surface area contributed by atoms with E-state index < -0.39 is 0 Å². The summed E-state index contributed by atoms with van der Waals surface area (Å²) >= 11 is 1.58. The molecule has 3 heteroatoms. The second kappa shape index (κ2) is 5.06. The molecule has 2 aromatic rings. The lowest BCUT2D eigenvalue weighted by Gasteiger charge is -2.20. The molecule has 2 rings (SSSR count). The van der Waals surface area contributed by atoms with Crippen LogP contribution in [0.25, 0.3) is 10.6 Å². The first kappa shape index (κ1) is 14.2. The van der Waals surface area contributed by atoms with E-state index in [0.717, 1.165) is 15.6 Å². The van der Waals surface area contributed by atoms with E-state index in [1.807, 2.05) is 6.92 Å². The Bertz CT molecular complexity index is 593. The number of rotatable bonds is 2. The number of nitrogens with zero attached hydrogens (tertiary/aromatic N) is 1. The van der Waals surface area contributed by atoms with Crippen LogP contribution in [0.15, 0.2) is 18.2 Å². The van der Waals surface area contributed by atoms with Gasteiger partial charge in [0.2, 0.25) is 0 Å². The van der Waals surface area contributed by atoms with Gasteiger partial charge >= 0.3 is 0 Å². The van der Waals surface area contributed by atoms with Gasteiger partial charge in [-0.05, 0) is 36.5 Å². The van der Waals surface area contributed by atoms with Crippen molar-refractivity contribution < 1.29 is 5.11 Å². The van der Waals surface area contributed by atoms with Crippen molar-refractivity contribution in [1.82, 2.24) is 4.98 Å². The third-order valence-electron chi connectivity index (χ3n) is 3.37. The van der Waals surface area contributed by atoms with E-state index in [9.17, 15) is 5.11 Å². The van der Waals surface area contributed by atoms with Crippen LogP contribution in [0.4, 0.5) is 0 Å². The minimum atomic E-state index is 0.0709. The van der Waals surface area contributed by atoms with Crippen molar-refractivity contribution in [1.29, 1.82) is 0 Å². The lowest BCUT2D eigenvalue weighted by Crippen LogP contribution is -2.11. The summed E-state index contributed by atoms with van der Waals surface area (Å²) in [5.74, 6) is 0. The van der Waals surface area contributed by atoms with Gasteiger partial charge in [-0.2, -0.15) is 0 Å². The maximum atomic E-state index is 9.30. The SMILES string of the molecule is Cc1ccc(C(C)(C)C)cc1-c1nc(C)c(CO)s1. The van der Waals surface area contributed by atoms with Gasteiger partial charge in [-0.15, -0.1) is 11.3 Å². The van der Waals surface area contributed by atoms with Gasteiger partial charge in [-0.1, -0.05) is 32.9 Å². The molecule has 0 aliphatic heterocycles. The zero-order valence-electron chi connectivity index (χ0n) is 12.2. The molecule has 19 heavy (non-hydrogen) atoms. The monoisotopic (exact) mass is 275 g/mol. The summed E-state index contributed by atoms with van der Waals surface area (Å²) in [5.41, 5.74) is 4.79. The van der Waals surface area contributed by atoms with E-state index >= 15 is 0 Å². The molecule has 0 saturated heterocycles. The molecule has 2 nitrogen and oxygen atoms in total. The number of aliphatic hydroxyl groups is 1. The van der Waals surface area contributed by atoms with Gasteiger partial charge in [0.1, 0.15) is 5.01 Å². The molecule has 0 bridgehead atoms. The van der Waals surface area contributed by atoms with Crippen molar-refractivity contribution in [3.8, 4) is 10.6 Å². The third-order valence-corrected chi connectivity index (χ3v) is 4.55. The standard InChI is InChI=1S/C16H21NOS/c1-10-6-7-12(16(3,4)5)8-13(10)15-17-11(2)14(9-18)19-15/h6-8,18H,9H2,1-5H3. The summed E-state index contributed by atoms with van der Waals surface area (Å²) in [5, 5.41) is 10.3. The van der Waals surface area contributed by atoms with Crippen LogP contribution < -0.4 is 0 Å². The van der Waals surface area contributed by atoms with Gasteiger partial charge in [0, 0.05) is 5.56 Å². The molecule has 0 radical (unpaired) electrons. The average molecular weight is 275 g/mol. The maximum Gasteiger partial charge on any atom is 0.124 e. The Morgan fingerprint density at radius 2 is 1.89 bits per heavy atom. The molecule has 1 aromatic heterocycles. The largest absolute Gasteiger partial charge is 0.391 e. The Labute approximate surface area is 119 Å². The fraction of sp³-hybridized carbons (Fsp3) is 0.438. The summed E-state index contributed by atoms with van der Waals surface area (Å²) in [6.45, 7) is 10.8. The number of thiazole rings is 1. The van der Waals surface area contributed by atoms with Crippen LogP contribution in [-0.2, 0) is 12.0 Å². The van der Waals surface area contributed by atoms with E-state index in [1.54, 1.807) is 11.3 Å². The summed E-state index contributed by atoms with van der Waals surface area (Å²) in [7, 11) is 0. The topological polar surface area (TPSA) is 33.1 Å². The van der Waals surface area contributed by atoms with Crippen LogP contribution in [0.1, 0.15) is 42.5 Å². The van der Waals surface area contributed by atoms with Crippen molar-refractivity contribution in [2.45, 2.75) is 46.6 Å². The van der Waals surface area contributed by atoms with Crippen LogP contribution in [0, 0.1) is 13.8 Å². The van der Waals surface area contributed by atoms with E-state index in [-0.39, 0.29) is 12.0 Å². The van der Waals surface area contributed by atoms with Gasteiger partial charge in [-0.3, -0.25) is 0 Å². The maximum absolute atomic E-state index is 9.30. The number of benzene rings is 1. The Morgan fingerprint density at radius 1 is 1.21 bits per heavy atom.